The van der Waals surface area contributed by atoms with Gasteiger partial charge in [-0.3, -0.25) is 24.2 Å². The molecular weight excluding hydrogens is 593 g/mol. The molecule has 1 unspecified atom stereocenters. The Balaban J connectivity index is 1.21. The number of nitrogens with zero attached hydrogens (tertiary/aromatic N) is 8. The highest BCUT2D eigenvalue weighted by atomic mass is 19.4. The van der Waals surface area contributed by atoms with Crippen molar-refractivity contribution in [3.63, 3.8) is 0 Å². The van der Waals surface area contributed by atoms with Gasteiger partial charge in [0.1, 0.15) is 6.17 Å². The van der Waals surface area contributed by atoms with E-state index in [0.717, 1.165) is 29.1 Å². The zero-order chi connectivity index (χ0) is 31.2. The van der Waals surface area contributed by atoms with Crippen LogP contribution in [-0.2, 0) is 38.5 Å². The number of halogens is 7. The Kier molecular flexibility index (Phi) is 9.30. The molecular formula is C24H21F7N10O2. The van der Waals surface area contributed by atoms with Crippen molar-refractivity contribution in [3.05, 3.63) is 83.0 Å². The maximum atomic E-state index is 14.6. The summed E-state index contributed by atoms with van der Waals surface area (Å²) in [6.45, 7) is -0.829. The number of pyridine rings is 2. The van der Waals surface area contributed by atoms with Crippen LogP contribution in [0.15, 0.2) is 49.2 Å². The number of aryl methyl sites for hydroxylation is 1. The number of hydrogen-bond acceptors (Lipinski definition) is 8. The molecule has 0 spiro atoms. The Labute approximate surface area is 237 Å². The van der Waals surface area contributed by atoms with E-state index in [1.165, 1.54) is 23.3 Å². The average Bonchev–Trinajstić information content (AvgIpc) is 3.63. The fraction of sp³-hybridized carbons (Fsp3) is 0.333. The quantitative estimate of drug-likeness (QED) is 0.246. The molecule has 4 rings (SSSR count). The number of carbonyl (C=O) groups is 2. The third-order valence-corrected chi connectivity index (χ3v) is 5.75. The Morgan fingerprint density at radius 1 is 0.837 bits per heavy atom. The summed E-state index contributed by atoms with van der Waals surface area (Å²) in [7, 11) is 0. The van der Waals surface area contributed by atoms with Crippen LogP contribution < -0.4 is 10.6 Å². The molecule has 4 aromatic heterocycles. The van der Waals surface area contributed by atoms with E-state index in [1.54, 1.807) is 0 Å². The summed E-state index contributed by atoms with van der Waals surface area (Å²) in [5.41, 5.74) is -2.10. The third-order valence-electron chi connectivity index (χ3n) is 5.75. The van der Waals surface area contributed by atoms with Crippen molar-refractivity contribution < 1.29 is 40.3 Å². The molecule has 4 aromatic rings. The van der Waals surface area contributed by atoms with E-state index in [1.807, 2.05) is 0 Å². The topological polar surface area (TPSA) is 145 Å². The van der Waals surface area contributed by atoms with Gasteiger partial charge in [0.25, 0.3) is 11.8 Å². The summed E-state index contributed by atoms with van der Waals surface area (Å²) >= 11 is 0. The van der Waals surface area contributed by atoms with E-state index in [9.17, 15) is 40.3 Å². The molecule has 19 heteroatoms. The Hall–Kier alpha value is -4.97. The molecule has 0 fully saturated rings. The molecule has 43 heavy (non-hydrogen) atoms. The van der Waals surface area contributed by atoms with Gasteiger partial charge in [0.15, 0.2) is 11.4 Å². The lowest BCUT2D eigenvalue weighted by Crippen LogP contribution is -2.24. The normalized spacial score (nSPS) is 12.6. The van der Waals surface area contributed by atoms with Gasteiger partial charge >= 0.3 is 12.4 Å². The van der Waals surface area contributed by atoms with E-state index in [0.29, 0.717) is 6.20 Å². The first-order valence-electron chi connectivity index (χ1n) is 12.3. The van der Waals surface area contributed by atoms with E-state index < -0.39 is 41.5 Å². The molecule has 228 valence electrons. The second-order valence-electron chi connectivity index (χ2n) is 9.06. The monoisotopic (exact) mass is 614 g/mol. The molecule has 12 nitrogen and oxygen atoms in total. The smallest absolute Gasteiger partial charge is 0.346 e. The molecule has 0 saturated heterocycles. The number of aromatic nitrogens is 8. The standard InChI is InChI=1S/C24H21F7N10O2/c25-17(11-41-13-20(37-39-41)22(43)35-10-18-6-15(1-3-33-18)23(26,27)28)2-4-40-12-19(36-38-40)21(42)34-8-14-5-16(9-32-7-14)24(29,30)31/h1,3,5-7,9,12-13,17H,2,4,8,10-11H2,(H,34,42)(H,35,43). The molecule has 2 N–H and O–H groups in total. The molecule has 1 atom stereocenters. The molecule has 0 radical (unpaired) electrons. The van der Waals surface area contributed by atoms with E-state index in [2.05, 4.69) is 41.2 Å². The first-order valence-corrected chi connectivity index (χ1v) is 12.3. The summed E-state index contributed by atoms with van der Waals surface area (Å²) in [6, 6.07) is 2.46. The van der Waals surface area contributed by atoms with Gasteiger partial charge in [-0.05, 0) is 23.8 Å². The van der Waals surface area contributed by atoms with Crippen molar-refractivity contribution in [2.24, 2.45) is 0 Å². The first kappa shape index (κ1) is 31.0. The van der Waals surface area contributed by atoms with Gasteiger partial charge in [0, 0.05) is 38.1 Å². The van der Waals surface area contributed by atoms with Crippen LogP contribution in [-0.4, -0.2) is 57.9 Å². The lowest BCUT2D eigenvalue weighted by molar-refractivity contribution is -0.138. The minimum atomic E-state index is -4.58. The number of rotatable bonds is 11. The molecule has 4 heterocycles. The largest absolute Gasteiger partial charge is 0.417 e. The van der Waals surface area contributed by atoms with Gasteiger partial charge in [-0.15, -0.1) is 10.2 Å². The maximum absolute atomic E-state index is 14.6. The van der Waals surface area contributed by atoms with Crippen molar-refractivity contribution in [2.75, 3.05) is 0 Å². The number of alkyl halides is 7. The van der Waals surface area contributed by atoms with Crippen LogP contribution in [0.5, 0.6) is 0 Å². The van der Waals surface area contributed by atoms with E-state index in [-0.39, 0.29) is 55.2 Å². The van der Waals surface area contributed by atoms with Crippen LogP contribution in [0.1, 0.15) is 49.8 Å². The van der Waals surface area contributed by atoms with Crippen LogP contribution in [0.2, 0.25) is 0 Å². The third kappa shape index (κ3) is 8.76. The predicted octanol–water partition coefficient (Wildman–Crippen LogP) is 2.99. The van der Waals surface area contributed by atoms with Crippen LogP contribution in [0.3, 0.4) is 0 Å². The van der Waals surface area contributed by atoms with Crippen molar-refractivity contribution in [1.82, 2.24) is 50.6 Å². The highest BCUT2D eigenvalue weighted by molar-refractivity contribution is 5.92. The number of amides is 2. The highest BCUT2D eigenvalue weighted by Gasteiger charge is 2.31. The van der Waals surface area contributed by atoms with E-state index in [4.69, 9.17) is 0 Å². The number of nitrogens with one attached hydrogen (secondary N) is 2. The fourth-order valence-electron chi connectivity index (χ4n) is 3.59. The van der Waals surface area contributed by atoms with Crippen LogP contribution in [0, 0.1) is 0 Å². The summed E-state index contributed by atoms with van der Waals surface area (Å²) < 4.78 is 93.7. The summed E-state index contributed by atoms with van der Waals surface area (Å²) in [5.74, 6) is -1.46. The van der Waals surface area contributed by atoms with Crippen LogP contribution in [0.4, 0.5) is 30.7 Å². The summed E-state index contributed by atoms with van der Waals surface area (Å²) in [5, 5.41) is 19.5. The van der Waals surface area contributed by atoms with Gasteiger partial charge in [0.05, 0.1) is 42.3 Å². The number of carbonyl (C=O) groups excluding carboxylic acids is 2. The van der Waals surface area contributed by atoms with Gasteiger partial charge in [-0.2, -0.15) is 26.3 Å². The van der Waals surface area contributed by atoms with Gasteiger partial charge in [-0.1, -0.05) is 10.4 Å². The minimum Gasteiger partial charge on any atom is -0.346 e. The molecule has 0 saturated carbocycles. The molecule has 2 amide bonds. The average molecular weight is 614 g/mol. The molecule has 0 aliphatic carbocycles. The van der Waals surface area contributed by atoms with Crippen molar-refractivity contribution in [1.29, 1.82) is 0 Å². The molecule has 0 aliphatic rings. The lowest BCUT2D eigenvalue weighted by Gasteiger charge is -2.08. The lowest BCUT2D eigenvalue weighted by atomic mass is 10.2. The Morgan fingerprint density at radius 2 is 1.47 bits per heavy atom. The van der Waals surface area contributed by atoms with E-state index >= 15 is 0 Å². The SMILES string of the molecule is O=C(NCc1cncc(C(F)(F)F)c1)c1cn(CCC(F)Cn2cc(C(=O)NCc3cc(C(F)(F)F)ccn3)nn2)nn1. The highest BCUT2D eigenvalue weighted by Crippen LogP contribution is 2.29. The zero-order valence-corrected chi connectivity index (χ0v) is 21.8. The Bertz CT molecular complexity index is 1570. The Morgan fingerprint density at radius 3 is 2.14 bits per heavy atom. The number of hydrogen-bond donors (Lipinski definition) is 2. The van der Waals surface area contributed by atoms with Gasteiger partial charge < -0.3 is 10.6 Å². The fourth-order valence-corrected chi connectivity index (χ4v) is 3.59. The first-order chi connectivity index (χ1) is 20.3. The maximum Gasteiger partial charge on any atom is 0.417 e. The van der Waals surface area contributed by atoms with Crippen LogP contribution in [0.25, 0.3) is 0 Å². The summed E-state index contributed by atoms with van der Waals surface area (Å²) in [4.78, 5) is 31.9. The summed E-state index contributed by atoms with van der Waals surface area (Å²) in [6.07, 6.45) is -5.50. The molecule has 0 bridgehead atoms. The second kappa shape index (κ2) is 12.9. The predicted molar refractivity (Wildman–Crippen MR) is 130 cm³/mol. The molecule has 0 aromatic carbocycles. The van der Waals surface area contributed by atoms with Crippen molar-refractivity contribution in [2.45, 2.75) is 51.1 Å². The zero-order valence-electron chi connectivity index (χ0n) is 21.8. The van der Waals surface area contributed by atoms with Crippen molar-refractivity contribution >= 4 is 11.8 Å². The van der Waals surface area contributed by atoms with Crippen LogP contribution >= 0.6 is 0 Å². The van der Waals surface area contributed by atoms with Crippen molar-refractivity contribution in [3.8, 4) is 0 Å². The molecule has 0 aliphatic heterocycles. The van der Waals surface area contributed by atoms with Gasteiger partial charge in [0.2, 0.25) is 0 Å². The van der Waals surface area contributed by atoms with Gasteiger partial charge in [-0.25, -0.2) is 9.07 Å². The second-order valence-corrected chi connectivity index (χ2v) is 9.06. The minimum absolute atomic E-state index is 0.00498.